The maximum Gasteiger partial charge on any atom is 0.253 e. The normalized spacial score (nSPS) is 10.7. The van der Waals surface area contributed by atoms with Crippen LogP contribution in [0.25, 0.3) is 10.9 Å². The molecule has 0 aliphatic carbocycles. The summed E-state index contributed by atoms with van der Waals surface area (Å²) in [6, 6.07) is 4.12. The molecule has 5 heteroatoms. The molecule has 0 radical (unpaired) electrons. The molecule has 3 N–H and O–H groups in total. The lowest BCUT2D eigenvalue weighted by atomic mass is 10.1. The van der Waals surface area contributed by atoms with Gasteiger partial charge in [-0.1, -0.05) is 0 Å². The summed E-state index contributed by atoms with van der Waals surface area (Å²) < 4.78 is 18.2. The van der Waals surface area contributed by atoms with Gasteiger partial charge in [-0.25, -0.2) is 4.39 Å². The van der Waals surface area contributed by atoms with E-state index in [0.29, 0.717) is 22.2 Å². The first-order valence-electron chi connectivity index (χ1n) is 4.75. The molecule has 16 heavy (non-hydrogen) atoms. The Labute approximate surface area is 90.8 Å². The van der Waals surface area contributed by atoms with Crippen molar-refractivity contribution in [3.8, 4) is 5.75 Å². The first-order valence-corrected chi connectivity index (χ1v) is 4.75. The smallest absolute Gasteiger partial charge is 0.253 e. The highest BCUT2D eigenvalue weighted by molar-refractivity contribution is 5.84. The molecule has 1 aromatic carbocycles. The highest BCUT2D eigenvalue weighted by atomic mass is 19.1. The molecule has 1 heterocycles. The number of nitrogens with one attached hydrogen (secondary N) is 1. The molecule has 0 unspecified atom stereocenters. The van der Waals surface area contributed by atoms with Gasteiger partial charge in [0, 0.05) is 23.6 Å². The van der Waals surface area contributed by atoms with Crippen LogP contribution in [-0.2, 0) is 6.54 Å². The largest absolute Gasteiger partial charge is 0.494 e. The summed E-state index contributed by atoms with van der Waals surface area (Å²) in [5.41, 5.74) is 6.02. The third kappa shape index (κ3) is 1.65. The second-order valence-corrected chi connectivity index (χ2v) is 3.40. The molecule has 4 nitrogen and oxygen atoms in total. The van der Waals surface area contributed by atoms with Crippen molar-refractivity contribution in [1.82, 2.24) is 4.98 Å². The Morgan fingerprint density at radius 3 is 2.81 bits per heavy atom. The van der Waals surface area contributed by atoms with Crippen molar-refractivity contribution in [3.05, 3.63) is 39.9 Å². The number of halogens is 1. The molecule has 0 amide bonds. The number of methoxy groups -OCH3 is 1. The van der Waals surface area contributed by atoms with Crippen molar-refractivity contribution in [2.24, 2.45) is 5.73 Å². The number of H-pyrrole nitrogens is 1. The third-order valence-corrected chi connectivity index (χ3v) is 2.40. The van der Waals surface area contributed by atoms with E-state index in [1.165, 1.54) is 19.2 Å². The van der Waals surface area contributed by atoms with Gasteiger partial charge in [-0.05, 0) is 12.1 Å². The van der Waals surface area contributed by atoms with Gasteiger partial charge >= 0.3 is 0 Å². The fraction of sp³-hybridized carbons (Fsp3) is 0.182. The molecule has 2 aromatic rings. The minimum absolute atomic E-state index is 0.115. The van der Waals surface area contributed by atoms with Gasteiger partial charge < -0.3 is 15.5 Å². The number of nitrogens with two attached hydrogens (primary N) is 1. The SMILES string of the molecule is COc1cc(F)cc2cc(CN)c(=O)[nH]c12. The van der Waals surface area contributed by atoms with Crippen LogP contribution in [0, 0.1) is 5.82 Å². The van der Waals surface area contributed by atoms with Crippen LogP contribution in [0.5, 0.6) is 5.75 Å². The standard InChI is InChI=1S/C11H11FN2O2/c1-16-9-4-8(12)3-6-2-7(5-13)11(15)14-10(6)9/h2-4H,5,13H2,1H3,(H,14,15). The van der Waals surface area contributed by atoms with Crippen LogP contribution in [0.15, 0.2) is 23.0 Å². The first-order chi connectivity index (χ1) is 7.65. The Bertz CT molecular complexity index is 592. The number of aromatic amines is 1. The van der Waals surface area contributed by atoms with Crippen LogP contribution in [0.4, 0.5) is 4.39 Å². The Hall–Kier alpha value is -1.88. The summed E-state index contributed by atoms with van der Waals surface area (Å²) in [7, 11) is 1.42. The summed E-state index contributed by atoms with van der Waals surface area (Å²) in [6.45, 7) is 0.115. The number of fused-ring (bicyclic) bond motifs is 1. The maximum absolute atomic E-state index is 13.2. The van der Waals surface area contributed by atoms with Crippen LogP contribution in [0.2, 0.25) is 0 Å². The molecule has 0 bridgehead atoms. The quantitative estimate of drug-likeness (QED) is 0.800. The number of rotatable bonds is 2. The van der Waals surface area contributed by atoms with E-state index < -0.39 is 5.82 Å². The van der Waals surface area contributed by atoms with E-state index in [-0.39, 0.29) is 12.1 Å². The minimum Gasteiger partial charge on any atom is -0.494 e. The molecule has 0 aliphatic heterocycles. The second kappa shape index (κ2) is 3.94. The Morgan fingerprint density at radius 2 is 2.19 bits per heavy atom. The number of hydrogen-bond donors (Lipinski definition) is 2. The molecule has 0 atom stereocenters. The predicted octanol–water partition coefficient (Wildman–Crippen LogP) is 1.13. The lowest BCUT2D eigenvalue weighted by molar-refractivity contribution is 0.415. The maximum atomic E-state index is 13.2. The van der Waals surface area contributed by atoms with E-state index in [1.807, 2.05) is 0 Å². The van der Waals surface area contributed by atoms with E-state index in [9.17, 15) is 9.18 Å². The van der Waals surface area contributed by atoms with E-state index in [0.717, 1.165) is 0 Å². The fourth-order valence-electron chi connectivity index (χ4n) is 1.61. The van der Waals surface area contributed by atoms with Crippen molar-refractivity contribution >= 4 is 10.9 Å². The van der Waals surface area contributed by atoms with E-state index in [4.69, 9.17) is 10.5 Å². The van der Waals surface area contributed by atoms with E-state index in [2.05, 4.69) is 4.98 Å². The molecule has 0 saturated heterocycles. The highest BCUT2D eigenvalue weighted by Crippen LogP contribution is 2.24. The van der Waals surface area contributed by atoms with Crippen molar-refractivity contribution in [2.75, 3.05) is 7.11 Å². The van der Waals surface area contributed by atoms with E-state index >= 15 is 0 Å². The van der Waals surface area contributed by atoms with Gasteiger partial charge in [-0.2, -0.15) is 0 Å². The number of hydrogen-bond acceptors (Lipinski definition) is 3. The third-order valence-electron chi connectivity index (χ3n) is 2.40. The molecule has 0 fully saturated rings. The topological polar surface area (TPSA) is 68.1 Å². The molecule has 84 valence electrons. The summed E-state index contributed by atoms with van der Waals surface area (Å²) in [4.78, 5) is 14.2. The molecular weight excluding hydrogens is 211 g/mol. The summed E-state index contributed by atoms with van der Waals surface area (Å²) >= 11 is 0. The van der Waals surface area contributed by atoms with Crippen LogP contribution >= 0.6 is 0 Å². The van der Waals surface area contributed by atoms with Crippen LogP contribution < -0.4 is 16.0 Å². The summed E-state index contributed by atoms with van der Waals surface area (Å²) in [5.74, 6) is -0.116. The van der Waals surface area contributed by atoms with Gasteiger partial charge in [0.2, 0.25) is 0 Å². The van der Waals surface area contributed by atoms with Crippen LogP contribution in [0.1, 0.15) is 5.56 Å². The van der Waals surface area contributed by atoms with Crippen molar-refractivity contribution in [3.63, 3.8) is 0 Å². The number of benzene rings is 1. The lowest BCUT2D eigenvalue weighted by Crippen LogP contribution is -2.15. The van der Waals surface area contributed by atoms with Gasteiger partial charge in [0.05, 0.1) is 12.6 Å². The zero-order valence-corrected chi connectivity index (χ0v) is 8.71. The van der Waals surface area contributed by atoms with Gasteiger partial charge in [0.1, 0.15) is 11.6 Å². The van der Waals surface area contributed by atoms with Gasteiger partial charge in [0.15, 0.2) is 0 Å². The lowest BCUT2D eigenvalue weighted by Gasteiger charge is -2.06. The first kappa shape index (κ1) is 10.6. The minimum atomic E-state index is -0.417. The van der Waals surface area contributed by atoms with Crippen molar-refractivity contribution in [2.45, 2.75) is 6.54 Å². The van der Waals surface area contributed by atoms with Crippen molar-refractivity contribution in [1.29, 1.82) is 0 Å². The Balaban J connectivity index is 2.84. The number of aromatic nitrogens is 1. The molecule has 0 aliphatic rings. The molecule has 1 aromatic heterocycles. The Morgan fingerprint density at radius 1 is 1.44 bits per heavy atom. The molecule has 0 spiro atoms. The highest BCUT2D eigenvalue weighted by Gasteiger charge is 2.08. The monoisotopic (exact) mass is 222 g/mol. The number of pyridine rings is 1. The predicted molar refractivity (Wildman–Crippen MR) is 59.0 cm³/mol. The fourth-order valence-corrected chi connectivity index (χ4v) is 1.61. The van der Waals surface area contributed by atoms with Gasteiger partial charge in [-0.15, -0.1) is 0 Å². The second-order valence-electron chi connectivity index (χ2n) is 3.40. The molecule has 0 saturated carbocycles. The van der Waals surface area contributed by atoms with Crippen molar-refractivity contribution < 1.29 is 9.13 Å². The van der Waals surface area contributed by atoms with E-state index in [1.54, 1.807) is 6.07 Å². The van der Waals surface area contributed by atoms with Crippen LogP contribution in [0.3, 0.4) is 0 Å². The number of ether oxygens (including phenoxy) is 1. The summed E-state index contributed by atoms with van der Waals surface area (Å²) in [6.07, 6.45) is 0. The zero-order chi connectivity index (χ0) is 11.7. The van der Waals surface area contributed by atoms with Crippen LogP contribution in [-0.4, -0.2) is 12.1 Å². The molecule has 2 rings (SSSR count). The molecular formula is C11H11FN2O2. The van der Waals surface area contributed by atoms with Gasteiger partial charge in [0.25, 0.3) is 5.56 Å². The van der Waals surface area contributed by atoms with Gasteiger partial charge in [-0.3, -0.25) is 4.79 Å². The zero-order valence-electron chi connectivity index (χ0n) is 8.71. The average molecular weight is 222 g/mol. The summed E-state index contributed by atoms with van der Waals surface area (Å²) in [5, 5.41) is 0.567. The Kier molecular flexibility index (Phi) is 2.62. The average Bonchev–Trinajstić information content (AvgIpc) is 2.28.